The number of benzene rings is 2. The number of morpholine rings is 1. The predicted octanol–water partition coefficient (Wildman–Crippen LogP) is 4.90. The van der Waals surface area contributed by atoms with Crippen LogP contribution in [0.25, 0.3) is 10.9 Å². The summed E-state index contributed by atoms with van der Waals surface area (Å²) >= 11 is 0. The highest BCUT2D eigenvalue weighted by Gasteiger charge is 2.22. The molecule has 2 amide bonds. The van der Waals surface area contributed by atoms with Gasteiger partial charge in [0.2, 0.25) is 5.78 Å². The molecule has 2 N–H and O–H groups in total. The molecule has 0 radical (unpaired) electrons. The van der Waals surface area contributed by atoms with E-state index >= 15 is 4.39 Å². The van der Waals surface area contributed by atoms with Crippen molar-refractivity contribution in [2.75, 3.05) is 41.8 Å². The Morgan fingerprint density at radius 2 is 1.66 bits per heavy atom. The van der Waals surface area contributed by atoms with Gasteiger partial charge in [0.1, 0.15) is 11.5 Å². The fourth-order valence-corrected chi connectivity index (χ4v) is 3.98. The van der Waals surface area contributed by atoms with E-state index in [2.05, 4.69) is 25.5 Å². The van der Waals surface area contributed by atoms with Crippen LogP contribution in [0.2, 0.25) is 0 Å². The van der Waals surface area contributed by atoms with Gasteiger partial charge in [0.25, 0.3) is 0 Å². The lowest BCUT2D eigenvalue weighted by Crippen LogP contribution is -2.36. The molecule has 0 spiro atoms. The molecule has 0 bridgehead atoms. The van der Waals surface area contributed by atoms with E-state index in [4.69, 9.17) is 4.74 Å². The Kier molecular flexibility index (Phi) is 6.88. The van der Waals surface area contributed by atoms with Gasteiger partial charge in [0, 0.05) is 36.3 Å². The van der Waals surface area contributed by atoms with Crippen molar-refractivity contribution in [2.24, 2.45) is 0 Å². The molecule has 12 heteroatoms. The first-order valence-corrected chi connectivity index (χ1v) is 11.4. The molecule has 4 aromatic rings. The van der Waals surface area contributed by atoms with Crippen molar-refractivity contribution >= 4 is 39.8 Å². The first-order valence-electron chi connectivity index (χ1n) is 11.4. The van der Waals surface area contributed by atoms with Gasteiger partial charge in [-0.2, -0.15) is 0 Å². The molecular weight excluding hydrogens is 506 g/mol. The number of amides is 2. The summed E-state index contributed by atoms with van der Waals surface area (Å²) in [6.45, 7) is 2.51. The number of fused-ring (bicyclic) bond motifs is 1. The monoisotopic (exact) mass is 525 g/mol. The van der Waals surface area contributed by atoms with Crippen LogP contribution in [0.1, 0.15) is 16.1 Å². The van der Waals surface area contributed by atoms with Crippen LogP contribution in [0.4, 0.5) is 39.4 Å². The zero-order chi connectivity index (χ0) is 26.8. The largest absolute Gasteiger partial charge is 0.378 e. The number of nitrogens with zero attached hydrogens (tertiary/aromatic N) is 3. The maximum Gasteiger partial charge on any atom is 0.323 e. The van der Waals surface area contributed by atoms with Crippen LogP contribution in [0.3, 0.4) is 0 Å². The summed E-state index contributed by atoms with van der Waals surface area (Å²) in [6, 6.07) is 6.17. The second-order valence-corrected chi connectivity index (χ2v) is 8.41. The molecule has 1 aliphatic heterocycles. The predicted molar refractivity (Wildman–Crippen MR) is 131 cm³/mol. The number of hydrogen-bond acceptors (Lipinski definition) is 6. The van der Waals surface area contributed by atoms with Gasteiger partial charge in [-0.1, -0.05) is 0 Å². The number of nitrogens with one attached hydrogen (secondary N) is 2. The Balaban J connectivity index is 1.40. The number of carbonyl (C=O) groups excluding carboxylic acids is 2. The summed E-state index contributed by atoms with van der Waals surface area (Å²) in [4.78, 5) is 35.9. The Labute approximate surface area is 213 Å². The molecular formula is C26H19F4N5O3. The number of ether oxygens (including phenoxy) is 1. The minimum atomic E-state index is -1.21. The van der Waals surface area contributed by atoms with Crippen molar-refractivity contribution in [3.05, 3.63) is 89.4 Å². The zero-order valence-electron chi connectivity index (χ0n) is 19.6. The van der Waals surface area contributed by atoms with Gasteiger partial charge in [0.05, 0.1) is 48.1 Å². The quantitative estimate of drug-likeness (QED) is 0.284. The van der Waals surface area contributed by atoms with E-state index in [1.807, 2.05) is 6.07 Å². The number of hydrogen-bond donors (Lipinski definition) is 2. The van der Waals surface area contributed by atoms with E-state index in [0.717, 1.165) is 23.9 Å². The van der Waals surface area contributed by atoms with Crippen LogP contribution < -0.4 is 15.5 Å². The molecule has 0 saturated carbocycles. The number of carbonyl (C=O) groups is 2. The Morgan fingerprint density at radius 1 is 0.868 bits per heavy atom. The Morgan fingerprint density at radius 3 is 2.42 bits per heavy atom. The van der Waals surface area contributed by atoms with Crippen LogP contribution in [-0.2, 0) is 4.74 Å². The fourth-order valence-electron chi connectivity index (χ4n) is 3.98. The van der Waals surface area contributed by atoms with Crippen molar-refractivity contribution < 1.29 is 31.9 Å². The second-order valence-electron chi connectivity index (χ2n) is 8.41. The molecule has 0 aliphatic carbocycles. The van der Waals surface area contributed by atoms with Crippen LogP contribution in [0.15, 0.2) is 54.9 Å². The van der Waals surface area contributed by atoms with E-state index in [1.54, 1.807) is 6.20 Å². The number of pyridine rings is 2. The van der Waals surface area contributed by atoms with Crippen LogP contribution >= 0.6 is 0 Å². The first kappa shape index (κ1) is 25.1. The summed E-state index contributed by atoms with van der Waals surface area (Å²) in [6.07, 6.45) is 3.05. The van der Waals surface area contributed by atoms with Gasteiger partial charge in [-0.3, -0.25) is 14.8 Å². The van der Waals surface area contributed by atoms with Crippen LogP contribution in [0.5, 0.6) is 0 Å². The molecule has 1 aliphatic rings. The third kappa shape index (κ3) is 5.25. The fraction of sp³-hybridized carbons (Fsp3) is 0.154. The summed E-state index contributed by atoms with van der Waals surface area (Å²) in [7, 11) is 0. The maximum absolute atomic E-state index is 15.2. The number of halogens is 4. The Bertz CT molecular complexity index is 1560. The highest BCUT2D eigenvalue weighted by atomic mass is 19.2. The van der Waals surface area contributed by atoms with E-state index < -0.39 is 46.3 Å². The van der Waals surface area contributed by atoms with E-state index in [9.17, 15) is 22.8 Å². The third-order valence-electron chi connectivity index (χ3n) is 5.87. The average molecular weight is 525 g/mol. The molecule has 194 valence electrons. The third-order valence-corrected chi connectivity index (χ3v) is 5.87. The number of rotatable bonds is 5. The smallest absolute Gasteiger partial charge is 0.323 e. The molecule has 3 heterocycles. The molecule has 5 rings (SSSR count). The first-order chi connectivity index (χ1) is 18.3. The SMILES string of the molecule is O=C(Nc1ccc(F)c(F)c1)Nc1cc(F)cc(C(=O)c2cc3cc(N4CCOCC4)cnc3cn2)c1F. The second kappa shape index (κ2) is 10.4. The molecule has 0 atom stereocenters. The lowest BCUT2D eigenvalue weighted by molar-refractivity contribution is 0.103. The van der Waals surface area contributed by atoms with Gasteiger partial charge < -0.3 is 20.3 Å². The van der Waals surface area contributed by atoms with Crippen molar-refractivity contribution in [2.45, 2.75) is 0 Å². The van der Waals surface area contributed by atoms with Gasteiger partial charge in [-0.15, -0.1) is 0 Å². The average Bonchev–Trinajstić information content (AvgIpc) is 2.92. The van der Waals surface area contributed by atoms with Crippen molar-refractivity contribution in [1.29, 1.82) is 0 Å². The number of aromatic nitrogens is 2. The highest BCUT2D eigenvalue weighted by Crippen LogP contribution is 2.26. The minimum absolute atomic E-state index is 0.125. The van der Waals surface area contributed by atoms with Gasteiger partial charge in [0.15, 0.2) is 17.5 Å². The van der Waals surface area contributed by atoms with E-state index in [-0.39, 0.29) is 11.4 Å². The summed E-state index contributed by atoms with van der Waals surface area (Å²) in [5.41, 5.74) is -0.238. The van der Waals surface area contributed by atoms with Gasteiger partial charge >= 0.3 is 6.03 Å². The number of anilines is 3. The molecule has 2 aromatic heterocycles. The standard InChI is InChI=1S/C26H19F4N5O3/c27-15-9-18(24(30)21(10-15)34-26(37)33-16-1-2-19(28)20(29)11-16)25(36)22-8-14-7-17(12-31-23(14)13-32-22)35-3-5-38-6-4-35/h1-2,7-13H,3-6H2,(H2,33,34,37). The molecule has 0 unspecified atom stereocenters. The molecule has 1 fully saturated rings. The highest BCUT2D eigenvalue weighted by molar-refractivity contribution is 6.10. The number of ketones is 1. The maximum atomic E-state index is 15.2. The molecule has 2 aromatic carbocycles. The zero-order valence-corrected chi connectivity index (χ0v) is 19.6. The van der Waals surface area contributed by atoms with Crippen LogP contribution in [-0.4, -0.2) is 48.1 Å². The lowest BCUT2D eigenvalue weighted by atomic mass is 10.0. The molecule has 1 saturated heterocycles. The van der Waals surface area contributed by atoms with Crippen molar-refractivity contribution in [3.8, 4) is 0 Å². The van der Waals surface area contributed by atoms with Crippen molar-refractivity contribution in [1.82, 2.24) is 9.97 Å². The summed E-state index contributed by atoms with van der Waals surface area (Å²) in [5, 5.41) is 4.83. The molecule has 38 heavy (non-hydrogen) atoms. The minimum Gasteiger partial charge on any atom is -0.378 e. The normalized spacial score (nSPS) is 13.4. The van der Waals surface area contributed by atoms with E-state index in [0.29, 0.717) is 49.3 Å². The van der Waals surface area contributed by atoms with Crippen molar-refractivity contribution in [3.63, 3.8) is 0 Å². The Hall–Kier alpha value is -4.58. The summed E-state index contributed by atoms with van der Waals surface area (Å²) < 4.78 is 61.4. The summed E-state index contributed by atoms with van der Waals surface area (Å²) in [5.74, 6) is -5.42. The molecule has 8 nitrogen and oxygen atoms in total. The van der Waals surface area contributed by atoms with Gasteiger partial charge in [-0.05, 0) is 30.3 Å². The topological polar surface area (TPSA) is 96.5 Å². The van der Waals surface area contributed by atoms with Crippen LogP contribution in [0, 0.1) is 23.3 Å². The van der Waals surface area contributed by atoms with Gasteiger partial charge in [-0.25, -0.2) is 22.4 Å². The van der Waals surface area contributed by atoms with E-state index in [1.165, 1.54) is 12.3 Å². The lowest BCUT2D eigenvalue weighted by Gasteiger charge is -2.28. The number of urea groups is 1.